The van der Waals surface area contributed by atoms with Crippen molar-refractivity contribution in [2.75, 3.05) is 0 Å². The van der Waals surface area contributed by atoms with Crippen LogP contribution in [0.2, 0.25) is 0 Å². The van der Waals surface area contributed by atoms with E-state index < -0.39 is 5.60 Å². The van der Waals surface area contributed by atoms with Gasteiger partial charge in [-0.05, 0) is 55.5 Å². The van der Waals surface area contributed by atoms with Gasteiger partial charge < -0.3 is 9.47 Å². The number of ether oxygens (including phenoxy) is 2. The first kappa shape index (κ1) is 20.3. The van der Waals surface area contributed by atoms with Crippen molar-refractivity contribution in [2.45, 2.75) is 56.5 Å². The largest absolute Gasteiger partial charge is 0.486 e. The van der Waals surface area contributed by atoms with Gasteiger partial charge in [-0.25, -0.2) is 4.79 Å². The van der Waals surface area contributed by atoms with Crippen molar-refractivity contribution in [3.05, 3.63) is 57.5 Å². The van der Waals surface area contributed by atoms with Gasteiger partial charge in [-0.3, -0.25) is 18.7 Å². The highest BCUT2D eigenvalue weighted by Gasteiger charge is 2.44. The Bertz CT molecular complexity index is 1390. The first-order valence-corrected chi connectivity index (χ1v) is 11.6. The molecule has 7 nitrogen and oxygen atoms in total. The molecule has 3 aromatic rings. The number of carbonyl (C=O) groups excluding carboxylic acids is 2. The van der Waals surface area contributed by atoms with Gasteiger partial charge in [-0.2, -0.15) is 0 Å². The summed E-state index contributed by atoms with van der Waals surface area (Å²) in [6.07, 6.45) is 5.55. The summed E-state index contributed by atoms with van der Waals surface area (Å²) in [6, 6.07) is 9.27. The minimum absolute atomic E-state index is 0.0949. The normalized spacial score (nSPS) is 21.5. The van der Waals surface area contributed by atoms with Gasteiger partial charge >= 0.3 is 11.7 Å². The van der Waals surface area contributed by atoms with E-state index in [1.165, 1.54) is 0 Å². The Labute approximate surface area is 190 Å². The first-order chi connectivity index (χ1) is 15.9. The zero-order valence-electron chi connectivity index (χ0n) is 18.8. The highest BCUT2D eigenvalue weighted by Crippen LogP contribution is 2.51. The molecule has 1 saturated carbocycles. The quantitative estimate of drug-likeness (QED) is 0.417. The fourth-order valence-electron chi connectivity index (χ4n) is 5.90. The Hall–Kier alpha value is -3.35. The molecule has 0 bridgehead atoms. The lowest BCUT2D eigenvalue weighted by atomic mass is 9.76. The number of imidazole rings is 1. The maximum absolute atomic E-state index is 13.2. The topological polar surface area (TPSA) is 79.5 Å². The summed E-state index contributed by atoms with van der Waals surface area (Å²) in [5.74, 6) is 0.492. The monoisotopic (exact) mass is 446 g/mol. The Morgan fingerprint density at radius 3 is 2.48 bits per heavy atom. The van der Waals surface area contributed by atoms with Crippen LogP contribution >= 0.6 is 0 Å². The average Bonchev–Trinajstić information content (AvgIpc) is 3.02. The summed E-state index contributed by atoms with van der Waals surface area (Å²) in [6.45, 7) is 0. The van der Waals surface area contributed by atoms with Crippen LogP contribution in [-0.4, -0.2) is 26.5 Å². The molecule has 1 atom stereocenters. The molecule has 1 fully saturated rings. The lowest BCUT2D eigenvalue weighted by molar-refractivity contribution is -0.135. The van der Waals surface area contributed by atoms with Crippen LogP contribution in [0.15, 0.2) is 35.1 Å². The van der Waals surface area contributed by atoms with Crippen LogP contribution < -0.4 is 15.2 Å². The number of benzene rings is 2. The van der Waals surface area contributed by atoms with E-state index in [0.717, 1.165) is 54.3 Å². The lowest BCUT2D eigenvalue weighted by Gasteiger charge is -2.42. The Balaban J connectivity index is 1.54. The third-order valence-corrected chi connectivity index (χ3v) is 7.66. The smallest absolute Gasteiger partial charge is 0.328 e. The van der Waals surface area contributed by atoms with Gasteiger partial charge in [0.05, 0.1) is 29.4 Å². The van der Waals surface area contributed by atoms with Gasteiger partial charge in [0.1, 0.15) is 17.1 Å². The van der Waals surface area contributed by atoms with Crippen molar-refractivity contribution in [1.29, 1.82) is 0 Å². The molecular formula is C26H26N2O5. The van der Waals surface area contributed by atoms with Gasteiger partial charge in [-0.15, -0.1) is 0 Å². The number of nitrogens with zero attached hydrogens (tertiary/aromatic N) is 2. The number of aromatic nitrogens is 2. The Morgan fingerprint density at radius 1 is 0.939 bits per heavy atom. The second-order valence-corrected chi connectivity index (χ2v) is 9.68. The number of esters is 1. The highest BCUT2D eigenvalue weighted by atomic mass is 16.5. The zero-order valence-corrected chi connectivity index (χ0v) is 18.8. The van der Waals surface area contributed by atoms with Gasteiger partial charge in [-0.1, -0.05) is 12.5 Å². The summed E-state index contributed by atoms with van der Waals surface area (Å²) in [4.78, 5) is 38.1. The van der Waals surface area contributed by atoms with Gasteiger partial charge in [0.25, 0.3) is 0 Å². The SMILES string of the molecule is Cn1c(=O)n(C)c2cc([C@H]3CC(=O)Oc4ccc5c(c43)OC3(CCCCC3)CC5=O)ccc21. The summed E-state index contributed by atoms with van der Waals surface area (Å²) in [5, 5.41) is 0. The summed E-state index contributed by atoms with van der Waals surface area (Å²) in [7, 11) is 3.49. The van der Waals surface area contributed by atoms with Crippen LogP contribution in [0.3, 0.4) is 0 Å². The number of rotatable bonds is 1. The van der Waals surface area contributed by atoms with E-state index in [-0.39, 0.29) is 29.8 Å². The van der Waals surface area contributed by atoms with Crippen LogP contribution in [-0.2, 0) is 18.9 Å². The molecule has 1 aliphatic carbocycles. The predicted molar refractivity (Wildman–Crippen MR) is 122 cm³/mol. The predicted octanol–water partition coefficient (Wildman–Crippen LogP) is 3.99. The standard InChI is InChI=1S/C26H26N2O5/c1-27-18-8-6-15(12-19(18)28(2)25(27)31)17-13-22(30)32-21-9-7-16-20(29)14-26(10-4-3-5-11-26)33-24(16)23(17)21/h6-9,12,17H,3-5,10-11,13-14H2,1-2H3/t17-/m1/s1. The molecule has 0 radical (unpaired) electrons. The lowest BCUT2D eigenvalue weighted by Crippen LogP contribution is -2.44. The number of hydrogen-bond acceptors (Lipinski definition) is 5. The van der Waals surface area contributed by atoms with E-state index in [1.807, 2.05) is 18.2 Å². The van der Waals surface area contributed by atoms with Crippen LogP contribution in [0.25, 0.3) is 11.0 Å². The molecule has 2 aromatic carbocycles. The number of Topliss-reactive ketones (excluding diaryl/α,β-unsaturated/α-hetero) is 1. The van der Waals surface area contributed by atoms with E-state index in [9.17, 15) is 14.4 Å². The van der Waals surface area contributed by atoms with E-state index in [1.54, 1.807) is 35.4 Å². The summed E-state index contributed by atoms with van der Waals surface area (Å²) < 4.78 is 15.5. The minimum Gasteiger partial charge on any atom is -0.486 e. The van der Waals surface area contributed by atoms with Gasteiger partial charge in [0.15, 0.2) is 5.78 Å². The average molecular weight is 447 g/mol. The minimum atomic E-state index is -0.462. The van der Waals surface area contributed by atoms with Crippen molar-refractivity contribution in [3.63, 3.8) is 0 Å². The summed E-state index contributed by atoms with van der Waals surface area (Å²) >= 11 is 0. The van der Waals surface area contributed by atoms with E-state index in [0.29, 0.717) is 23.5 Å². The number of ketones is 1. The number of carbonyl (C=O) groups is 2. The van der Waals surface area contributed by atoms with E-state index in [2.05, 4.69) is 0 Å². The van der Waals surface area contributed by atoms with Gasteiger partial charge in [0, 0.05) is 25.6 Å². The molecule has 0 amide bonds. The second kappa shape index (κ2) is 7.07. The van der Waals surface area contributed by atoms with Gasteiger partial charge in [0.2, 0.25) is 0 Å². The zero-order chi connectivity index (χ0) is 22.9. The van der Waals surface area contributed by atoms with Crippen molar-refractivity contribution in [1.82, 2.24) is 9.13 Å². The van der Waals surface area contributed by atoms with Crippen LogP contribution in [0.1, 0.15) is 72.3 Å². The third kappa shape index (κ3) is 2.98. The van der Waals surface area contributed by atoms with Crippen LogP contribution in [0, 0.1) is 0 Å². The fourth-order valence-corrected chi connectivity index (χ4v) is 5.90. The van der Waals surface area contributed by atoms with E-state index >= 15 is 0 Å². The molecule has 170 valence electrons. The van der Waals surface area contributed by atoms with Crippen molar-refractivity contribution in [3.8, 4) is 11.5 Å². The van der Waals surface area contributed by atoms with E-state index in [4.69, 9.17) is 9.47 Å². The molecule has 3 aliphatic rings. The molecular weight excluding hydrogens is 420 g/mol. The second-order valence-electron chi connectivity index (χ2n) is 9.68. The molecule has 1 spiro atoms. The molecule has 1 aromatic heterocycles. The first-order valence-electron chi connectivity index (χ1n) is 11.6. The highest BCUT2D eigenvalue weighted by molar-refractivity contribution is 6.01. The van der Waals surface area contributed by atoms with Crippen LogP contribution in [0.5, 0.6) is 11.5 Å². The maximum atomic E-state index is 13.2. The Morgan fingerprint density at radius 2 is 1.70 bits per heavy atom. The molecule has 0 N–H and O–H groups in total. The molecule has 3 heterocycles. The molecule has 2 aliphatic heterocycles. The number of hydrogen-bond donors (Lipinski definition) is 0. The summed E-state index contributed by atoms with van der Waals surface area (Å²) in [5.41, 5.74) is 3.30. The van der Waals surface area contributed by atoms with Crippen molar-refractivity contribution in [2.24, 2.45) is 14.1 Å². The number of aryl methyl sites for hydroxylation is 2. The van der Waals surface area contributed by atoms with Crippen molar-refractivity contribution >= 4 is 22.8 Å². The Kier molecular flexibility index (Phi) is 4.34. The molecule has 0 saturated heterocycles. The number of fused-ring (bicyclic) bond motifs is 4. The molecule has 33 heavy (non-hydrogen) atoms. The third-order valence-electron chi connectivity index (χ3n) is 7.66. The van der Waals surface area contributed by atoms with Crippen LogP contribution in [0.4, 0.5) is 0 Å². The van der Waals surface area contributed by atoms with Crippen molar-refractivity contribution < 1.29 is 19.1 Å². The maximum Gasteiger partial charge on any atom is 0.328 e. The molecule has 0 unspecified atom stereocenters. The molecule has 7 heteroatoms. The molecule has 6 rings (SSSR count). The fraction of sp³-hybridized carbons (Fsp3) is 0.423.